The Balaban J connectivity index is 2.32. The minimum absolute atomic E-state index is 0.109. The lowest BCUT2D eigenvalue weighted by molar-refractivity contribution is 0.131. The lowest BCUT2D eigenvalue weighted by Crippen LogP contribution is -2.26. The molecule has 1 aromatic carbocycles. The first-order valence-electron chi connectivity index (χ1n) is 6.14. The summed E-state index contributed by atoms with van der Waals surface area (Å²) in [6.45, 7) is 2.12. The molecule has 2 unspecified atom stereocenters. The number of aliphatic hydroxyl groups is 1. The van der Waals surface area contributed by atoms with E-state index in [4.69, 9.17) is 9.47 Å². The van der Waals surface area contributed by atoms with Gasteiger partial charge in [-0.3, -0.25) is 0 Å². The van der Waals surface area contributed by atoms with Gasteiger partial charge < -0.3 is 14.6 Å². The minimum atomic E-state index is -0.508. The van der Waals surface area contributed by atoms with Gasteiger partial charge in [0.2, 0.25) is 0 Å². The Bertz CT molecular complexity index is 414. The highest BCUT2D eigenvalue weighted by Crippen LogP contribution is 2.48. The molecule has 0 aromatic heterocycles. The summed E-state index contributed by atoms with van der Waals surface area (Å²) in [5.74, 6) is 2.55. The second-order valence-corrected chi connectivity index (χ2v) is 6.40. The molecule has 2 atom stereocenters. The van der Waals surface area contributed by atoms with Gasteiger partial charge in [0, 0.05) is 16.4 Å². The zero-order chi connectivity index (χ0) is 13.2. The van der Waals surface area contributed by atoms with Crippen LogP contribution < -0.4 is 9.47 Å². The molecule has 18 heavy (non-hydrogen) atoms. The van der Waals surface area contributed by atoms with Crippen molar-refractivity contribution in [2.24, 2.45) is 0 Å². The Morgan fingerprint density at radius 2 is 2.11 bits per heavy atom. The summed E-state index contributed by atoms with van der Waals surface area (Å²) >= 11 is 1.84. The minimum Gasteiger partial charge on any atom is -0.497 e. The van der Waals surface area contributed by atoms with Gasteiger partial charge in [-0.15, -0.1) is 0 Å². The molecule has 0 amide bonds. The average Bonchev–Trinajstić information content (AvgIpc) is 2.85. The molecule has 0 saturated carbocycles. The first-order valence-corrected chi connectivity index (χ1v) is 7.13. The van der Waals surface area contributed by atoms with Crippen LogP contribution in [-0.2, 0) is 0 Å². The van der Waals surface area contributed by atoms with E-state index in [0.29, 0.717) is 5.75 Å². The molecule has 1 aliphatic rings. The van der Waals surface area contributed by atoms with Crippen molar-refractivity contribution in [3.8, 4) is 11.5 Å². The molecular weight excluding hydrogens is 248 g/mol. The van der Waals surface area contributed by atoms with Gasteiger partial charge in [0.25, 0.3) is 0 Å². The average molecular weight is 268 g/mol. The first-order chi connectivity index (χ1) is 8.60. The standard InChI is InChI=1S/C14H20O3S/c1-14(7-4-8-18-14)13(15)11-6-5-10(16-2)9-12(11)17-3/h5-6,9,13,15H,4,7-8H2,1-3H3. The van der Waals surface area contributed by atoms with E-state index in [0.717, 1.165) is 29.9 Å². The van der Waals surface area contributed by atoms with Gasteiger partial charge in [-0.05, 0) is 37.7 Å². The summed E-state index contributed by atoms with van der Waals surface area (Å²) in [7, 11) is 3.24. The van der Waals surface area contributed by atoms with Crippen LogP contribution in [0.4, 0.5) is 0 Å². The quantitative estimate of drug-likeness (QED) is 0.911. The molecule has 100 valence electrons. The predicted octanol–water partition coefficient (Wildman–Crippen LogP) is 3.02. The maximum atomic E-state index is 10.6. The number of hydrogen-bond donors (Lipinski definition) is 1. The molecule has 0 radical (unpaired) electrons. The lowest BCUT2D eigenvalue weighted by atomic mass is 9.92. The van der Waals surface area contributed by atoms with Crippen LogP contribution in [0.1, 0.15) is 31.4 Å². The molecule has 2 rings (SSSR count). The second-order valence-electron chi connectivity index (χ2n) is 4.78. The van der Waals surface area contributed by atoms with E-state index in [1.807, 2.05) is 30.0 Å². The van der Waals surface area contributed by atoms with Crippen molar-refractivity contribution >= 4 is 11.8 Å². The Morgan fingerprint density at radius 1 is 1.33 bits per heavy atom. The van der Waals surface area contributed by atoms with E-state index < -0.39 is 6.10 Å². The van der Waals surface area contributed by atoms with E-state index in [-0.39, 0.29) is 4.75 Å². The molecular formula is C14H20O3S. The third kappa shape index (κ3) is 2.45. The molecule has 1 aromatic rings. The highest BCUT2D eigenvalue weighted by molar-refractivity contribution is 8.00. The van der Waals surface area contributed by atoms with Crippen molar-refractivity contribution in [1.29, 1.82) is 0 Å². The number of hydrogen-bond acceptors (Lipinski definition) is 4. The maximum absolute atomic E-state index is 10.6. The molecule has 1 N–H and O–H groups in total. The van der Waals surface area contributed by atoms with E-state index in [9.17, 15) is 5.11 Å². The summed E-state index contributed by atoms with van der Waals surface area (Å²) in [4.78, 5) is 0. The number of rotatable bonds is 4. The van der Waals surface area contributed by atoms with Gasteiger partial charge in [0.15, 0.2) is 0 Å². The zero-order valence-corrected chi connectivity index (χ0v) is 11.9. The lowest BCUT2D eigenvalue weighted by Gasteiger charge is -2.30. The van der Waals surface area contributed by atoms with Gasteiger partial charge in [-0.1, -0.05) is 0 Å². The Labute approximate surface area is 112 Å². The molecule has 1 aliphatic heterocycles. The van der Waals surface area contributed by atoms with Crippen LogP contribution >= 0.6 is 11.8 Å². The van der Waals surface area contributed by atoms with Gasteiger partial charge in [0.05, 0.1) is 20.3 Å². The Kier molecular flexibility index (Phi) is 4.07. The number of ether oxygens (including phenoxy) is 2. The van der Waals surface area contributed by atoms with Crippen LogP contribution in [0.5, 0.6) is 11.5 Å². The zero-order valence-electron chi connectivity index (χ0n) is 11.1. The number of benzene rings is 1. The molecule has 0 bridgehead atoms. The second kappa shape index (κ2) is 5.41. The van der Waals surface area contributed by atoms with Crippen molar-refractivity contribution in [2.45, 2.75) is 30.6 Å². The summed E-state index contributed by atoms with van der Waals surface area (Å²) < 4.78 is 10.4. The van der Waals surface area contributed by atoms with Crippen molar-refractivity contribution in [2.75, 3.05) is 20.0 Å². The number of thioether (sulfide) groups is 1. The highest BCUT2D eigenvalue weighted by atomic mass is 32.2. The van der Waals surface area contributed by atoms with Gasteiger partial charge in [0.1, 0.15) is 11.5 Å². The third-order valence-corrected chi connectivity index (χ3v) is 5.14. The van der Waals surface area contributed by atoms with Crippen molar-refractivity contribution in [3.05, 3.63) is 23.8 Å². The van der Waals surface area contributed by atoms with Gasteiger partial charge in [-0.25, -0.2) is 0 Å². The van der Waals surface area contributed by atoms with E-state index in [1.54, 1.807) is 14.2 Å². The molecule has 0 spiro atoms. The smallest absolute Gasteiger partial charge is 0.128 e. The summed E-state index contributed by atoms with van der Waals surface area (Å²) in [5.41, 5.74) is 0.843. The van der Waals surface area contributed by atoms with Crippen LogP contribution in [0.15, 0.2) is 18.2 Å². The molecule has 4 heteroatoms. The largest absolute Gasteiger partial charge is 0.497 e. The molecule has 1 fully saturated rings. The highest BCUT2D eigenvalue weighted by Gasteiger charge is 2.38. The van der Waals surface area contributed by atoms with E-state index >= 15 is 0 Å². The van der Waals surface area contributed by atoms with Crippen molar-refractivity contribution < 1.29 is 14.6 Å². The fourth-order valence-electron chi connectivity index (χ4n) is 2.39. The van der Waals surface area contributed by atoms with Gasteiger partial charge >= 0.3 is 0 Å². The van der Waals surface area contributed by atoms with Crippen molar-refractivity contribution in [3.63, 3.8) is 0 Å². The SMILES string of the molecule is COc1ccc(C(O)C2(C)CCCS2)c(OC)c1. The number of aliphatic hydroxyl groups excluding tert-OH is 1. The van der Waals surface area contributed by atoms with Gasteiger partial charge in [-0.2, -0.15) is 11.8 Å². The monoisotopic (exact) mass is 268 g/mol. The molecule has 1 heterocycles. The Morgan fingerprint density at radius 3 is 2.67 bits per heavy atom. The molecule has 0 aliphatic carbocycles. The van der Waals surface area contributed by atoms with Crippen LogP contribution in [-0.4, -0.2) is 29.8 Å². The molecule has 1 saturated heterocycles. The fraction of sp³-hybridized carbons (Fsp3) is 0.571. The predicted molar refractivity (Wildman–Crippen MR) is 74.6 cm³/mol. The van der Waals surface area contributed by atoms with Crippen LogP contribution in [0, 0.1) is 0 Å². The third-order valence-electron chi connectivity index (χ3n) is 3.56. The van der Waals surface area contributed by atoms with Crippen LogP contribution in [0.2, 0.25) is 0 Å². The summed E-state index contributed by atoms with van der Waals surface area (Å²) in [6, 6.07) is 5.58. The topological polar surface area (TPSA) is 38.7 Å². The fourth-order valence-corrected chi connectivity index (χ4v) is 3.72. The first kappa shape index (κ1) is 13.6. The molecule has 3 nitrogen and oxygen atoms in total. The number of methoxy groups -OCH3 is 2. The van der Waals surface area contributed by atoms with Crippen molar-refractivity contribution in [1.82, 2.24) is 0 Å². The van der Waals surface area contributed by atoms with E-state index in [1.165, 1.54) is 0 Å². The van der Waals surface area contributed by atoms with E-state index in [2.05, 4.69) is 6.92 Å². The Hall–Kier alpha value is -0.870. The normalized spacial score (nSPS) is 24.9. The van der Waals surface area contributed by atoms with Crippen LogP contribution in [0.3, 0.4) is 0 Å². The maximum Gasteiger partial charge on any atom is 0.128 e. The summed E-state index contributed by atoms with van der Waals surface area (Å²) in [6.07, 6.45) is 1.69. The van der Waals surface area contributed by atoms with Crippen LogP contribution in [0.25, 0.3) is 0 Å². The summed E-state index contributed by atoms with van der Waals surface area (Å²) in [5, 5.41) is 10.6.